The summed E-state index contributed by atoms with van der Waals surface area (Å²) in [4.78, 5) is 11.8. The number of nitrogens with one attached hydrogen (secondary N) is 1. The predicted octanol–water partition coefficient (Wildman–Crippen LogP) is 5.19. The molecule has 1 N–H and O–H groups in total. The Kier molecular flexibility index (Phi) is 5.72. The summed E-state index contributed by atoms with van der Waals surface area (Å²) < 4.78 is 5.06. The number of rotatable bonds is 4. The fourth-order valence-corrected chi connectivity index (χ4v) is 3.49. The second-order valence-corrected chi connectivity index (χ2v) is 7.81. The van der Waals surface area contributed by atoms with E-state index in [4.69, 9.17) is 4.74 Å². The Morgan fingerprint density at radius 3 is 2.39 bits per heavy atom. The Hall–Kier alpha value is -1.51. The number of anilines is 1. The highest BCUT2D eigenvalue weighted by Crippen LogP contribution is 2.38. The zero-order chi connectivity index (χ0) is 17.0. The molecule has 1 aromatic carbocycles. The first-order valence-electron chi connectivity index (χ1n) is 8.85. The summed E-state index contributed by atoms with van der Waals surface area (Å²) in [5.41, 5.74) is 3.29. The molecule has 1 aromatic rings. The van der Waals surface area contributed by atoms with Crippen LogP contribution in [0.5, 0.6) is 0 Å². The van der Waals surface area contributed by atoms with Gasteiger partial charge in [0.2, 0.25) is 0 Å². The van der Waals surface area contributed by atoms with Gasteiger partial charge >= 0.3 is 5.97 Å². The molecule has 0 saturated heterocycles. The lowest BCUT2D eigenvalue weighted by Gasteiger charge is -2.37. The summed E-state index contributed by atoms with van der Waals surface area (Å²) >= 11 is 0. The Balaban J connectivity index is 1.95. The number of carbonyl (C=O) groups excluding carboxylic acids is 1. The second kappa shape index (κ2) is 7.37. The van der Waals surface area contributed by atoms with Crippen LogP contribution < -0.4 is 5.32 Å². The maximum Gasteiger partial charge on any atom is 0.338 e. The van der Waals surface area contributed by atoms with Crippen molar-refractivity contribution < 1.29 is 9.53 Å². The van der Waals surface area contributed by atoms with Crippen LogP contribution in [0, 0.1) is 18.3 Å². The molecular formula is C20H31NO2. The van der Waals surface area contributed by atoms with E-state index in [0.29, 0.717) is 23.6 Å². The van der Waals surface area contributed by atoms with Crippen LogP contribution in [0.3, 0.4) is 0 Å². The van der Waals surface area contributed by atoms with Gasteiger partial charge in [-0.3, -0.25) is 0 Å². The van der Waals surface area contributed by atoms with Crippen LogP contribution in [0.2, 0.25) is 0 Å². The number of hydrogen-bond donors (Lipinski definition) is 1. The SMILES string of the molecule is CCOC(=O)c1ccc(NC2CCC(C(C)(C)C)CC2)c(C)c1. The highest BCUT2D eigenvalue weighted by atomic mass is 16.5. The van der Waals surface area contributed by atoms with E-state index in [1.165, 1.54) is 25.7 Å². The first-order chi connectivity index (χ1) is 10.8. The van der Waals surface area contributed by atoms with Gasteiger partial charge in [0.15, 0.2) is 0 Å². The van der Waals surface area contributed by atoms with Crippen molar-refractivity contribution in [2.75, 3.05) is 11.9 Å². The van der Waals surface area contributed by atoms with Gasteiger partial charge in [0, 0.05) is 11.7 Å². The average Bonchev–Trinajstić information content (AvgIpc) is 2.49. The summed E-state index contributed by atoms with van der Waals surface area (Å²) in [6.45, 7) is 11.3. The van der Waals surface area contributed by atoms with Crippen LogP contribution in [0.1, 0.15) is 69.3 Å². The largest absolute Gasteiger partial charge is 0.462 e. The van der Waals surface area contributed by atoms with Gasteiger partial charge in [-0.25, -0.2) is 4.79 Å². The van der Waals surface area contributed by atoms with Crippen LogP contribution in [-0.4, -0.2) is 18.6 Å². The highest BCUT2D eigenvalue weighted by Gasteiger charge is 2.29. The fourth-order valence-electron chi connectivity index (χ4n) is 3.49. The molecule has 2 rings (SSSR count). The number of aryl methyl sites for hydroxylation is 1. The van der Waals surface area contributed by atoms with Crippen LogP contribution in [0.4, 0.5) is 5.69 Å². The van der Waals surface area contributed by atoms with Gasteiger partial charge in [-0.1, -0.05) is 20.8 Å². The van der Waals surface area contributed by atoms with E-state index in [9.17, 15) is 4.79 Å². The van der Waals surface area contributed by atoms with Gasteiger partial charge < -0.3 is 10.1 Å². The molecule has 0 aromatic heterocycles. The Labute approximate surface area is 140 Å². The third-order valence-corrected chi connectivity index (χ3v) is 5.05. The van der Waals surface area contributed by atoms with Crippen LogP contribution in [-0.2, 0) is 4.74 Å². The Bertz CT molecular complexity index is 537. The van der Waals surface area contributed by atoms with Crippen LogP contribution in [0.15, 0.2) is 18.2 Å². The topological polar surface area (TPSA) is 38.3 Å². The lowest BCUT2D eigenvalue weighted by atomic mass is 9.71. The second-order valence-electron chi connectivity index (χ2n) is 7.81. The molecule has 1 aliphatic carbocycles. The minimum atomic E-state index is -0.243. The lowest BCUT2D eigenvalue weighted by Crippen LogP contribution is -2.31. The number of ether oxygens (including phenoxy) is 1. The van der Waals surface area contributed by atoms with Crippen molar-refractivity contribution in [1.82, 2.24) is 0 Å². The molecule has 0 atom stereocenters. The molecule has 0 unspecified atom stereocenters. The zero-order valence-electron chi connectivity index (χ0n) is 15.2. The monoisotopic (exact) mass is 317 g/mol. The number of carbonyl (C=O) groups is 1. The van der Waals surface area contributed by atoms with Gasteiger partial charge in [0.25, 0.3) is 0 Å². The molecule has 0 spiro atoms. The van der Waals surface area contributed by atoms with Crippen molar-refractivity contribution in [1.29, 1.82) is 0 Å². The number of esters is 1. The lowest BCUT2D eigenvalue weighted by molar-refractivity contribution is 0.0526. The third-order valence-electron chi connectivity index (χ3n) is 5.05. The quantitative estimate of drug-likeness (QED) is 0.777. The first-order valence-corrected chi connectivity index (χ1v) is 8.85. The van der Waals surface area contributed by atoms with Crippen molar-refractivity contribution in [3.8, 4) is 0 Å². The molecule has 1 aliphatic rings. The number of benzene rings is 1. The maximum atomic E-state index is 11.8. The van der Waals surface area contributed by atoms with Crippen LogP contribution >= 0.6 is 0 Å². The fraction of sp³-hybridized carbons (Fsp3) is 0.650. The van der Waals surface area contributed by atoms with Crippen molar-refractivity contribution in [3.63, 3.8) is 0 Å². The zero-order valence-corrected chi connectivity index (χ0v) is 15.2. The van der Waals surface area contributed by atoms with Gasteiger partial charge in [0.05, 0.1) is 12.2 Å². The van der Waals surface area contributed by atoms with E-state index in [2.05, 4.69) is 26.1 Å². The Morgan fingerprint density at radius 2 is 1.87 bits per heavy atom. The highest BCUT2D eigenvalue weighted by molar-refractivity contribution is 5.90. The van der Waals surface area contributed by atoms with E-state index in [1.54, 1.807) is 0 Å². The molecule has 1 fully saturated rings. The standard InChI is InChI=1S/C20H31NO2/c1-6-23-19(22)15-7-12-18(14(2)13-15)21-17-10-8-16(9-11-17)20(3,4)5/h7,12-13,16-17,21H,6,8-11H2,1-5H3. The summed E-state index contributed by atoms with van der Waals surface area (Å²) in [6, 6.07) is 6.33. The molecule has 3 heteroatoms. The van der Waals surface area contributed by atoms with Crippen molar-refractivity contribution >= 4 is 11.7 Å². The molecular weight excluding hydrogens is 286 g/mol. The van der Waals surface area contributed by atoms with E-state index in [-0.39, 0.29) is 5.97 Å². The van der Waals surface area contributed by atoms with Gasteiger partial charge in [-0.05, 0) is 74.6 Å². The third kappa shape index (κ3) is 4.73. The predicted molar refractivity (Wildman–Crippen MR) is 96.0 cm³/mol. The van der Waals surface area contributed by atoms with Crippen molar-refractivity contribution in [3.05, 3.63) is 29.3 Å². The van der Waals surface area contributed by atoms with E-state index in [0.717, 1.165) is 17.2 Å². The molecule has 0 radical (unpaired) electrons. The van der Waals surface area contributed by atoms with Gasteiger partial charge in [0.1, 0.15) is 0 Å². The molecule has 1 saturated carbocycles. The van der Waals surface area contributed by atoms with Crippen molar-refractivity contribution in [2.45, 2.75) is 66.3 Å². The molecule has 0 aliphatic heterocycles. The normalized spacial score (nSPS) is 21.8. The summed E-state index contributed by atoms with van der Waals surface area (Å²) in [7, 11) is 0. The molecule has 23 heavy (non-hydrogen) atoms. The first kappa shape index (κ1) is 17.8. The van der Waals surface area contributed by atoms with E-state index in [1.807, 2.05) is 32.0 Å². The smallest absolute Gasteiger partial charge is 0.338 e. The molecule has 0 amide bonds. The molecule has 0 heterocycles. The number of hydrogen-bond acceptors (Lipinski definition) is 3. The average molecular weight is 317 g/mol. The minimum absolute atomic E-state index is 0.243. The summed E-state index contributed by atoms with van der Waals surface area (Å²) in [5, 5.41) is 3.67. The molecule has 3 nitrogen and oxygen atoms in total. The molecule has 0 bridgehead atoms. The molecule has 128 valence electrons. The maximum absolute atomic E-state index is 11.8. The summed E-state index contributed by atoms with van der Waals surface area (Å²) in [6.07, 6.45) is 5.03. The Morgan fingerprint density at radius 1 is 1.22 bits per heavy atom. The van der Waals surface area contributed by atoms with E-state index >= 15 is 0 Å². The van der Waals surface area contributed by atoms with Gasteiger partial charge in [-0.15, -0.1) is 0 Å². The van der Waals surface area contributed by atoms with Crippen LogP contribution in [0.25, 0.3) is 0 Å². The minimum Gasteiger partial charge on any atom is -0.462 e. The summed E-state index contributed by atoms with van der Waals surface area (Å²) in [5.74, 6) is 0.584. The van der Waals surface area contributed by atoms with E-state index < -0.39 is 0 Å². The van der Waals surface area contributed by atoms with Gasteiger partial charge in [-0.2, -0.15) is 0 Å². The van der Waals surface area contributed by atoms with Crippen molar-refractivity contribution in [2.24, 2.45) is 11.3 Å².